The van der Waals surface area contributed by atoms with E-state index in [2.05, 4.69) is 59.2 Å². The molecule has 2 N–H and O–H groups in total. The van der Waals surface area contributed by atoms with Crippen LogP contribution in [0.5, 0.6) is 11.5 Å². The molecule has 0 saturated heterocycles. The summed E-state index contributed by atoms with van der Waals surface area (Å²) in [4.78, 5) is 4.80. The number of nitrogens with one attached hydrogen (secondary N) is 2. The van der Waals surface area contributed by atoms with Gasteiger partial charge in [-0.15, -0.1) is 10.2 Å². The average Bonchev–Trinajstić information content (AvgIpc) is 3.22. The van der Waals surface area contributed by atoms with Crippen molar-refractivity contribution < 1.29 is 9.47 Å². The Bertz CT molecular complexity index is 820. The SMILES string of the molecule is CCOc1ccc(C(C)NC(=NCCn2cnnc2CC)NC(C)CC)cc1OCC. The first-order chi connectivity index (χ1) is 15.0. The van der Waals surface area contributed by atoms with Gasteiger partial charge in [-0.1, -0.05) is 19.9 Å². The second-order valence-electron chi connectivity index (χ2n) is 7.42. The van der Waals surface area contributed by atoms with Crippen LogP contribution in [0.15, 0.2) is 29.5 Å². The third kappa shape index (κ3) is 7.45. The molecule has 2 unspecified atom stereocenters. The smallest absolute Gasteiger partial charge is 0.192 e. The molecule has 0 spiro atoms. The first kappa shape index (κ1) is 24.5. The van der Waals surface area contributed by atoms with Crippen molar-refractivity contribution in [1.82, 2.24) is 25.4 Å². The van der Waals surface area contributed by atoms with Crippen molar-refractivity contribution in [2.75, 3.05) is 19.8 Å². The van der Waals surface area contributed by atoms with E-state index < -0.39 is 0 Å². The zero-order chi connectivity index (χ0) is 22.6. The van der Waals surface area contributed by atoms with Gasteiger partial charge in [0.05, 0.1) is 25.8 Å². The molecule has 0 bridgehead atoms. The summed E-state index contributed by atoms with van der Waals surface area (Å²) in [5, 5.41) is 15.2. The molecule has 1 aromatic carbocycles. The first-order valence-electron chi connectivity index (χ1n) is 11.4. The molecule has 0 amide bonds. The Morgan fingerprint density at radius 2 is 1.81 bits per heavy atom. The van der Waals surface area contributed by atoms with Gasteiger partial charge in [-0.25, -0.2) is 0 Å². The largest absolute Gasteiger partial charge is 0.490 e. The highest BCUT2D eigenvalue weighted by Gasteiger charge is 2.14. The van der Waals surface area contributed by atoms with Crippen molar-refractivity contribution in [1.29, 1.82) is 0 Å². The van der Waals surface area contributed by atoms with E-state index in [1.54, 1.807) is 6.33 Å². The van der Waals surface area contributed by atoms with E-state index in [4.69, 9.17) is 14.5 Å². The van der Waals surface area contributed by atoms with Crippen LogP contribution >= 0.6 is 0 Å². The number of aliphatic imine (C=N–C) groups is 1. The Kier molecular flexibility index (Phi) is 10.1. The van der Waals surface area contributed by atoms with Crippen LogP contribution in [0.1, 0.15) is 65.4 Å². The Balaban J connectivity index is 2.12. The molecular formula is C23H38N6O2. The normalized spacial score (nSPS) is 13.5. The second kappa shape index (κ2) is 12.8. The number of hydrogen-bond acceptors (Lipinski definition) is 5. The van der Waals surface area contributed by atoms with Gasteiger partial charge in [-0.3, -0.25) is 4.99 Å². The molecule has 2 rings (SSSR count). The quantitative estimate of drug-likeness (QED) is 0.394. The van der Waals surface area contributed by atoms with Crippen LogP contribution in [0, 0.1) is 0 Å². The number of aryl methyl sites for hydroxylation is 1. The van der Waals surface area contributed by atoms with E-state index in [1.165, 1.54) is 0 Å². The van der Waals surface area contributed by atoms with E-state index in [-0.39, 0.29) is 6.04 Å². The average molecular weight is 431 g/mol. The lowest BCUT2D eigenvalue weighted by Crippen LogP contribution is -2.43. The van der Waals surface area contributed by atoms with E-state index in [9.17, 15) is 0 Å². The van der Waals surface area contributed by atoms with Crippen molar-refractivity contribution in [2.24, 2.45) is 4.99 Å². The summed E-state index contributed by atoms with van der Waals surface area (Å²) in [6.45, 7) is 15.0. The van der Waals surface area contributed by atoms with Crippen LogP contribution in [-0.4, -0.2) is 46.5 Å². The molecule has 0 aliphatic rings. The zero-order valence-electron chi connectivity index (χ0n) is 19.8. The van der Waals surface area contributed by atoms with Crippen LogP contribution in [0.2, 0.25) is 0 Å². The molecule has 1 heterocycles. The maximum atomic E-state index is 5.78. The van der Waals surface area contributed by atoms with Crippen LogP contribution in [0.25, 0.3) is 0 Å². The van der Waals surface area contributed by atoms with Gasteiger partial charge < -0.3 is 24.7 Å². The third-order valence-electron chi connectivity index (χ3n) is 5.04. The predicted molar refractivity (Wildman–Crippen MR) is 125 cm³/mol. The van der Waals surface area contributed by atoms with Crippen molar-refractivity contribution in [3.8, 4) is 11.5 Å². The van der Waals surface area contributed by atoms with E-state index in [1.807, 2.05) is 26.0 Å². The summed E-state index contributed by atoms with van der Waals surface area (Å²) < 4.78 is 13.5. The van der Waals surface area contributed by atoms with Gasteiger partial charge in [-0.05, 0) is 51.8 Å². The fraction of sp³-hybridized carbons (Fsp3) is 0.609. The van der Waals surface area contributed by atoms with Gasteiger partial charge in [0, 0.05) is 19.0 Å². The fourth-order valence-corrected chi connectivity index (χ4v) is 3.10. The predicted octanol–water partition coefficient (Wildman–Crippen LogP) is 3.73. The number of aromatic nitrogens is 3. The van der Waals surface area contributed by atoms with Crippen molar-refractivity contribution in [3.63, 3.8) is 0 Å². The van der Waals surface area contributed by atoms with Gasteiger partial charge in [0.1, 0.15) is 12.2 Å². The number of rotatable bonds is 12. The van der Waals surface area contributed by atoms with Gasteiger partial charge in [0.2, 0.25) is 0 Å². The van der Waals surface area contributed by atoms with Gasteiger partial charge in [-0.2, -0.15) is 0 Å². The molecule has 172 valence electrons. The summed E-state index contributed by atoms with van der Waals surface area (Å²) in [5.41, 5.74) is 1.11. The number of hydrogen-bond donors (Lipinski definition) is 2. The number of benzene rings is 1. The Hall–Kier alpha value is -2.77. The summed E-state index contributed by atoms with van der Waals surface area (Å²) in [5.74, 6) is 3.31. The zero-order valence-corrected chi connectivity index (χ0v) is 19.8. The molecule has 0 aliphatic carbocycles. The molecule has 8 heteroatoms. The fourth-order valence-electron chi connectivity index (χ4n) is 3.10. The summed E-state index contributed by atoms with van der Waals surface area (Å²) >= 11 is 0. The summed E-state index contributed by atoms with van der Waals surface area (Å²) in [6.07, 6.45) is 3.64. The standard InChI is InChI=1S/C23H38N6O2/c1-7-17(5)26-23(24-13-14-29-16-25-28-22(29)8-2)27-18(6)19-11-12-20(30-9-3)21(15-19)31-10-4/h11-12,15-18H,7-10,13-14H2,1-6H3,(H2,24,26,27). The minimum absolute atomic E-state index is 0.0475. The molecule has 1 aromatic heterocycles. The lowest BCUT2D eigenvalue weighted by Gasteiger charge is -2.22. The molecule has 0 aliphatic heterocycles. The van der Waals surface area contributed by atoms with E-state index >= 15 is 0 Å². The monoisotopic (exact) mass is 430 g/mol. The lowest BCUT2D eigenvalue weighted by atomic mass is 10.1. The summed E-state index contributed by atoms with van der Waals surface area (Å²) in [6, 6.07) is 6.44. The third-order valence-corrected chi connectivity index (χ3v) is 5.04. The highest BCUT2D eigenvalue weighted by molar-refractivity contribution is 5.80. The highest BCUT2D eigenvalue weighted by Crippen LogP contribution is 2.30. The molecular weight excluding hydrogens is 392 g/mol. The maximum absolute atomic E-state index is 5.78. The van der Waals surface area contributed by atoms with Crippen LogP contribution in [0.4, 0.5) is 0 Å². The van der Waals surface area contributed by atoms with Crippen LogP contribution in [-0.2, 0) is 13.0 Å². The van der Waals surface area contributed by atoms with E-state index in [0.29, 0.717) is 25.8 Å². The molecule has 2 aromatic rings. The lowest BCUT2D eigenvalue weighted by molar-refractivity contribution is 0.287. The Labute approximate surface area is 186 Å². The molecule has 31 heavy (non-hydrogen) atoms. The molecule has 0 saturated carbocycles. The number of guanidine groups is 1. The van der Waals surface area contributed by atoms with Crippen LogP contribution in [0.3, 0.4) is 0 Å². The molecule has 2 atom stereocenters. The van der Waals surface area contributed by atoms with Crippen molar-refractivity contribution in [2.45, 2.75) is 73.0 Å². The first-order valence-corrected chi connectivity index (χ1v) is 11.4. The second-order valence-corrected chi connectivity index (χ2v) is 7.42. The Morgan fingerprint density at radius 1 is 1.06 bits per heavy atom. The molecule has 0 fully saturated rings. The van der Waals surface area contributed by atoms with Gasteiger partial charge >= 0.3 is 0 Å². The summed E-state index contributed by atoms with van der Waals surface area (Å²) in [7, 11) is 0. The minimum atomic E-state index is 0.0475. The van der Waals surface area contributed by atoms with Crippen molar-refractivity contribution >= 4 is 5.96 Å². The van der Waals surface area contributed by atoms with Gasteiger partial charge in [0.15, 0.2) is 17.5 Å². The maximum Gasteiger partial charge on any atom is 0.192 e. The highest BCUT2D eigenvalue weighted by atomic mass is 16.5. The number of ether oxygens (including phenoxy) is 2. The van der Waals surface area contributed by atoms with Gasteiger partial charge in [0.25, 0.3) is 0 Å². The topological polar surface area (TPSA) is 85.6 Å². The molecule has 0 radical (unpaired) electrons. The van der Waals surface area contributed by atoms with E-state index in [0.717, 1.165) is 48.2 Å². The molecule has 8 nitrogen and oxygen atoms in total. The van der Waals surface area contributed by atoms with Crippen molar-refractivity contribution in [3.05, 3.63) is 35.9 Å². The Morgan fingerprint density at radius 3 is 2.48 bits per heavy atom. The number of nitrogens with zero attached hydrogens (tertiary/aromatic N) is 4. The minimum Gasteiger partial charge on any atom is -0.490 e. The van der Waals surface area contributed by atoms with Crippen LogP contribution < -0.4 is 20.1 Å².